The molecule has 0 aliphatic carbocycles. The predicted octanol–water partition coefficient (Wildman–Crippen LogP) is 3.97. The zero-order valence-corrected chi connectivity index (χ0v) is 11.1. The van der Waals surface area contributed by atoms with Gasteiger partial charge >= 0.3 is 0 Å². The molecule has 1 heterocycles. The van der Waals surface area contributed by atoms with Gasteiger partial charge in [0.05, 0.1) is 17.0 Å². The highest BCUT2D eigenvalue weighted by Crippen LogP contribution is 2.26. The number of carbonyl (C=O) groups is 1. The molecule has 5 heteroatoms. The Morgan fingerprint density at radius 2 is 2.17 bits per heavy atom. The minimum absolute atomic E-state index is 0.00970. The first-order chi connectivity index (χ1) is 8.61. The highest BCUT2D eigenvalue weighted by Gasteiger charge is 2.18. The number of ether oxygens (including phenoxy) is 1. The van der Waals surface area contributed by atoms with E-state index in [9.17, 15) is 9.18 Å². The van der Waals surface area contributed by atoms with Gasteiger partial charge in [0.15, 0.2) is 5.78 Å². The van der Waals surface area contributed by atoms with Gasteiger partial charge in [0, 0.05) is 11.3 Å². The van der Waals surface area contributed by atoms with Gasteiger partial charge < -0.3 is 4.74 Å². The van der Waals surface area contributed by atoms with Crippen LogP contribution >= 0.6 is 22.9 Å². The van der Waals surface area contributed by atoms with Gasteiger partial charge in [-0.2, -0.15) is 0 Å². The molecule has 0 bridgehead atoms. The van der Waals surface area contributed by atoms with Gasteiger partial charge in [-0.15, -0.1) is 11.3 Å². The summed E-state index contributed by atoms with van der Waals surface area (Å²) in [5.74, 6) is -0.631. The molecular weight excluding hydrogens is 275 g/mol. The molecule has 0 aliphatic heterocycles. The Labute approximate surface area is 113 Å². The molecule has 0 saturated carbocycles. The molecule has 0 fully saturated rings. The molecule has 0 amide bonds. The van der Waals surface area contributed by atoms with E-state index in [0.29, 0.717) is 4.34 Å². The van der Waals surface area contributed by atoms with E-state index in [0.717, 1.165) is 4.88 Å². The molecule has 94 valence electrons. The number of halogens is 2. The van der Waals surface area contributed by atoms with Crippen LogP contribution in [0, 0.1) is 5.82 Å². The summed E-state index contributed by atoms with van der Waals surface area (Å²) in [4.78, 5) is 12.9. The van der Waals surface area contributed by atoms with Crippen molar-refractivity contribution in [1.29, 1.82) is 0 Å². The lowest BCUT2D eigenvalue weighted by molar-refractivity contribution is 0.0987. The van der Waals surface area contributed by atoms with Gasteiger partial charge in [-0.1, -0.05) is 17.7 Å². The Hall–Kier alpha value is -1.39. The molecule has 1 aromatic heterocycles. The van der Waals surface area contributed by atoms with Crippen LogP contribution in [0.2, 0.25) is 4.34 Å². The van der Waals surface area contributed by atoms with Crippen LogP contribution < -0.4 is 4.74 Å². The van der Waals surface area contributed by atoms with Crippen molar-refractivity contribution in [3.8, 4) is 5.75 Å². The number of Topliss-reactive ketones (excluding diaryl/α,β-unsaturated/α-hetero) is 1. The van der Waals surface area contributed by atoms with Crippen molar-refractivity contribution < 1.29 is 13.9 Å². The molecule has 0 unspecified atom stereocenters. The standard InChI is InChI=1S/C13H10ClFO2S/c1-17-11-4-2-3-9(15)13(11)10(16)7-8-5-6-12(14)18-8/h2-6H,7H2,1H3. The fourth-order valence-electron chi connectivity index (χ4n) is 1.64. The Kier molecular flexibility index (Phi) is 3.99. The minimum atomic E-state index is -0.568. The normalized spacial score (nSPS) is 10.4. The minimum Gasteiger partial charge on any atom is -0.496 e. The largest absolute Gasteiger partial charge is 0.496 e. The van der Waals surface area contributed by atoms with Crippen molar-refractivity contribution in [1.82, 2.24) is 0 Å². The van der Waals surface area contributed by atoms with E-state index in [2.05, 4.69) is 0 Å². The summed E-state index contributed by atoms with van der Waals surface area (Å²) in [7, 11) is 1.41. The first kappa shape index (κ1) is 13.1. The maximum absolute atomic E-state index is 13.7. The fourth-order valence-corrected chi connectivity index (χ4v) is 2.72. The number of ketones is 1. The predicted molar refractivity (Wildman–Crippen MR) is 70.3 cm³/mol. The molecule has 18 heavy (non-hydrogen) atoms. The lowest BCUT2D eigenvalue weighted by Gasteiger charge is -2.07. The Morgan fingerprint density at radius 3 is 2.78 bits per heavy atom. The van der Waals surface area contributed by atoms with E-state index in [4.69, 9.17) is 16.3 Å². The highest BCUT2D eigenvalue weighted by atomic mass is 35.5. The van der Waals surface area contributed by atoms with E-state index in [-0.39, 0.29) is 23.5 Å². The number of rotatable bonds is 4. The fraction of sp³-hybridized carbons (Fsp3) is 0.154. The monoisotopic (exact) mass is 284 g/mol. The molecule has 0 radical (unpaired) electrons. The molecule has 0 saturated heterocycles. The molecule has 0 N–H and O–H groups in total. The average molecular weight is 285 g/mol. The third-order valence-electron chi connectivity index (χ3n) is 2.44. The Balaban J connectivity index is 2.28. The van der Waals surface area contributed by atoms with E-state index in [1.54, 1.807) is 18.2 Å². The first-order valence-corrected chi connectivity index (χ1v) is 6.41. The molecule has 2 aromatic rings. The lowest BCUT2D eigenvalue weighted by atomic mass is 10.1. The van der Waals surface area contributed by atoms with E-state index >= 15 is 0 Å². The Morgan fingerprint density at radius 1 is 1.39 bits per heavy atom. The lowest BCUT2D eigenvalue weighted by Crippen LogP contribution is -2.07. The van der Waals surface area contributed by atoms with Gasteiger partial charge in [0.25, 0.3) is 0 Å². The summed E-state index contributed by atoms with van der Waals surface area (Å²) in [6.07, 6.45) is 0.120. The van der Waals surface area contributed by atoms with Crippen LogP contribution in [0.3, 0.4) is 0 Å². The number of benzene rings is 1. The van der Waals surface area contributed by atoms with Crippen LogP contribution in [0.1, 0.15) is 15.2 Å². The molecular formula is C13H10ClFO2S. The Bertz CT molecular complexity index is 580. The molecule has 2 rings (SSSR count). The number of hydrogen-bond donors (Lipinski definition) is 0. The summed E-state index contributed by atoms with van der Waals surface area (Å²) in [6, 6.07) is 7.80. The second-order valence-electron chi connectivity index (χ2n) is 3.62. The summed E-state index contributed by atoms with van der Waals surface area (Å²) in [6.45, 7) is 0. The van der Waals surface area contributed by atoms with Crippen LogP contribution in [0.25, 0.3) is 0 Å². The number of methoxy groups -OCH3 is 1. The quantitative estimate of drug-likeness (QED) is 0.794. The third-order valence-corrected chi connectivity index (χ3v) is 3.67. The maximum Gasteiger partial charge on any atom is 0.174 e. The van der Waals surface area contributed by atoms with E-state index < -0.39 is 5.82 Å². The van der Waals surface area contributed by atoms with Crippen LogP contribution in [-0.4, -0.2) is 12.9 Å². The van der Waals surface area contributed by atoms with E-state index in [1.807, 2.05) is 0 Å². The summed E-state index contributed by atoms with van der Waals surface area (Å²) < 4.78 is 19.3. The van der Waals surface area contributed by atoms with Crippen molar-refractivity contribution >= 4 is 28.7 Å². The second-order valence-corrected chi connectivity index (χ2v) is 5.42. The third kappa shape index (κ3) is 2.71. The van der Waals surface area contributed by atoms with Crippen LogP contribution in [-0.2, 0) is 6.42 Å². The van der Waals surface area contributed by atoms with Crippen LogP contribution in [0.15, 0.2) is 30.3 Å². The zero-order chi connectivity index (χ0) is 13.1. The van der Waals surface area contributed by atoms with Crippen molar-refractivity contribution in [3.05, 3.63) is 50.9 Å². The molecule has 0 spiro atoms. The van der Waals surface area contributed by atoms with Gasteiger partial charge in [-0.3, -0.25) is 4.79 Å². The van der Waals surface area contributed by atoms with Crippen LogP contribution in [0.4, 0.5) is 4.39 Å². The van der Waals surface area contributed by atoms with Crippen LogP contribution in [0.5, 0.6) is 5.75 Å². The summed E-state index contributed by atoms with van der Waals surface area (Å²) >= 11 is 7.10. The first-order valence-electron chi connectivity index (χ1n) is 5.21. The van der Waals surface area contributed by atoms with Gasteiger partial charge in [0.1, 0.15) is 11.6 Å². The molecule has 1 aromatic carbocycles. The highest BCUT2D eigenvalue weighted by molar-refractivity contribution is 7.16. The van der Waals surface area contributed by atoms with Gasteiger partial charge in [-0.05, 0) is 24.3 Å². The molecule has 0 aliphatic rings. The maximum atomic E-state index is 13.7. The number of hydrogen-bond acceptors (Lipinski definition) is 3. The smallest absolute Gasteiger partial charge is 0.174 e. The van der Waals surface area contributed by atoms with Crippen molar-refractivity contribution in [3.63, 3.8) is 0 Å². The molecule has 0 atom stereocenters. The van der Waals surface area contributed by atoms with Crippen molar-refractivity contribution in [2.75, 3.05) is 7.11 Å². The van der Waals surface area contributed by atoms with Gasteiger partial charge in [0.2, 0.25) is 0 Å². The SMILES string of the molecule is COc1cccc(F)c1C(=O)Cc1ccc(Cl)s1. The molecule has 2 nitrogen and oxygen atoms in total. The summed E-state index contributed by atoms with van der Waals surface area (Å²) in [5.41, 5.74) is -0.00970. The van der Waals surface area contributed by atoms with E-state index in [1.165, 1.54) is 30.6 Å². The zero-order valence-electron chi connectivity index (χ0n) is 9.57. The second kappa shape index (κ2) is 5.50. The van der Waals surface area contributed by atoms with Gasteiger partial charge in [-0.25, -0.2) is 4.39 Å². The topological polar surface area (TPSA) is 26.3 Å². The number of thiophene rings is 1. The van der Waals surface area contributed by atoms with Crippen molar-refractivity contribution in [2.45, 2.75) is 6.42 Å². The average Bonchev–Trinajstić information content (AvgIpc) is 2.74. The van der Waals surface area contributed by atoms with Crippen molar-refractivity contribution in [2.24, 2.45) is 0 Å². The number of carbonyl (C=O) groups excluding carboxylic acids is 1. The summed E-state index contributed by atoms with van der Waals surface area (Å²) in [5, 5.41) is 0.